The number of hydrogen-bond acceptors (Lipinski definition) is 2. The maximum Gasteiger partial charge on any atom is 0.318 e. The summed E-state index contributed by atoms with van der Waals surface area (Å²) < 4.78 is 11.7. The number of halogens is 1. The Morgan fingerprint density at radius 3 is 2.00 bits per heavy atom. The number of carboxylic acids is 2. The van der Waals surface area contributed by atoms with Crippen LogP contribution in [0.4, 0.5) is 4.39 Å². The van der Waals surface area contributed by atoms with Gasteiger partial charge in [-0.05, 0) is 12.3 Å². The largest absolute Gasteiger partial charge is 0.481 e. The van der Waals surface area contributed by atoms with E-state index in [0.29, 0.717) is 0 Å². The first kappa shape index (κ1) is 10.9. The van der Waals surface area contributed by atoms with Crippen molar-refractivity contribution in [3.63, 3.8) is 0 Å². The first-order valence-electron chi connectivity index (χ1n) is 3.52. The van der Waals surface area contributed by atoms with E-state index in [2.05, 4.69) is 0 Å². The van der Waals surface area contributed by atoms with E-state index in [1.54, 1.807) is 0 Å². The highest BCUT2D eigenvalue weighted by Gasteiger charge is 2.31. The quantitative estimate of drug-likeness (QED) is 0.609. The van der Waals surface area contributed by atoms with Crippen molar-refractivity contribution >= 4 is 11.9 Å². The molecule has 0 saturated carbocycles. The SMILES string of the molecule is C[C@@H](CCF)C(C(=O)O)C(=O)O. The summed E-state index contributed by atoms with van der Waals surface area (Å²) >= 11 is 0. The zero-order valence-corrected chi connectivity index (χ0v) is 6.66. The number of carboxylic acid groups (broad SMARTS) is 2. The summed E-state index contributed by atoms with van der Waals surface area (Å²) in [4.78, 5) is 20.7. The molecule has 0 fully saturated rings. The minimum absolute atomic E-state index is 0.0384. The number of alkyl halides is 1. The lowest BCUT2D eigenvalue weighted by Crippen LogP contribution is -2.29. The fourth-order valence-electron chi connectivity index (χ4n) is 0.931. The number of hydrogen-bond donors (Lipinski definition) is 2. The van der Waals surface area contributed by atoms with Gasteiger partial charge in [-0.3, -0.25) is 14.0 Å². The van der Waals surface area contributed by atoms with Gasteiger partial charge in [-0.1, -0.05) is 6.92 Å². The van der Waals surface area contributed by atoms with E-state index in [4.69, 9.17) is 10.2 Å². The molecular formula is C7H11FO4. The molecule has 0 aliphatic heterocycles. The van der Waals surface area contributed by atoms with Gasteiger partial charge in [-0.15, -0.1) is 0 Å². The Balaban J connectivity index is 4.29. The maximum absolute atomic E-state index is 11.7. The van der Waals surface area contributed by atoms with Crippen molar-refractivity contribution in [1.82, 2.24) is 0 Å². The van der Waals surface area contributed by atoms with E-state index < -0.39 is 30.4 Å². The van der Waals surface area contributed by atoms with Crippen LogP contribution >= 0.6 is 0 Å². The van der Waals surface area contributed by atoms with Crippen molar-refractivity contribution in [3.8, 4) is 0 Å². The number of aliphatic carboxylic acids is 2. The molecule has 0 radical (unpaired) electrons. The van der Waals surface area contributed by atoms with Crippen molar-refractivity contribution in [1.29, 1.82) is 0 Å². The van der Waals surface area contributed by atoms with E-state index in [1.165, 1.54) is 6.92 Å². The van der Waals surface area contributed by atoms with Crippen molar-refractivity contribution in [3.05, 3.63) is 0 Å². The van der Waals surface area contributed by atoms with Gasteiger partial charge in [0.05, 0.1) is 6.67 Å². The van der Waals surface area contributed by atoms with Crippen molar-refractivity contribution < 1.29 is 24.2 Å². The summed E-state index contributed by atoms with van der Waals surface area (Å²) in [6, 6.07) is 0. The zero-order valence-electron chi connectivity index (χ0n) is 6.66. The standard InChI is InChI=1S/C7H11FO4/c1-4(2-3-8)5(6(9)10)7(11)12/h4-5H,2-3H2,1H3,(H,9,10)(H,11,12)/t4-/m0/s1. The molecule has 0 aromatic carbocycles. The highest BCUT2D eigenvalue weighted by Crippen LogP contribution is 2.16. The lowest BCUT2D eigenvalue weighted by atomic mass is 9.92. The third kappa shape index (κ3) is 2.86. The summed E-state index contributed by atoms with van der Waals surface area (Å²) in [5.41, 5.74) is 0. The van der Waals surface area contributed by atoms with Crippen LogP contribution in [0.3, 0.4) is 0 Å². The van der Waals surface area contributed by atoms with Gasteiger partial charge in [-0.2, -0.15) is 0 Å². The van der Waals surface area contributed by atoms with Crippen LogP contribution in [0.15, 0.2) is 0 Å². The molecule has 0 aliphatic carbocycles. The van der Waals surface area contributed by atoms with Crippen LogP contribution in [0.1, 0.15) is 13.3 Å². The lowest BCUT2D eigenvalue weighted by Gasteiger charge is -2.13. The topological polar surface area (TPSA) is 74.6 Å². The average molecular weight is 178 g/mol. The highest BCUT2D eigenvalue weighted by atomic mass is 19.1. The van der Waals surface area contributed by atoms with Gasteiger partial charge >= 0.3 is 11.9 Å². The second-order valence-electron chi connectivity index (χ2n) is 2.61. The Morgan fingerprint density at radius 1 is 1.33 bits per heavy atom. The predicted octanol–water partition coefficient (Wildman–Crippen LogP) is 0.767. The second kappa shape index (κ2) is 4.69. The van der Waals surface area contributed by atoms with Gasteiger partial charge in [0.15, 0.2) is 5.92 Å². The molecule has 5 heteroatoms. The molecule has 0 rings (SSSR count). The highest BCUT2D eigenvalue weighted by molar-refractivity contribution is 5.93. The Bertz CT molecular complexity index is 166. The summed E-state index contributed by atoms with van der Waals surface area (Å²) in [5, 5.41) is 16.9. The van der Waals surface area contributed by atoms with Crippen LogP contribution in [-0.4, -0.2) is 28.8 Å². The summed E-state index contributed by atoms with van der Waals surface area (Å²) in [7, 11) is 0. The molecule has 0 aliphatic rings. The van der Waals surface area contributed by atoms with E-state index in [9.17, 15) is 14.0 Å². The molecule has 0 aromatic heterocycles. The monoisotopic (exact) mass is 178 g/mol. The smallest absolute Gasteiger partial charge is 0.318 e. The molecule has 0 unspecified atom stereocenters. The van der Waals surface area contributed by atoms with Gasteiger partial charge < -0.3 is 10.2 Å². The van der Waals surface area contributed by atoms with Crippen molar-refractivity contribution in [2.75, 3.05) is 6.67 Å². The van der Waals surface area contributed by atoms with E-state index in [-0.39, 0.29) is 6.42 Å². The summed E-state index contributed by atoms with van der Waals surface area (Å²) in [5.74, 6) is -5.00. The predicted molar refractivity (Wildman–Crippen MR) is 38.5 cm³/mol. The molecule has 70 valence electrons. The van der Waals surface area contributed by atoms with E-state index in [1.807, 2.05) is 0 Å². The normalized spacial score (nSPS) is 12.9. The molecule has 0 heterocycles. The van der Waals surface area contributed by atoms with Gasteiger partial charge in [-0.25, -0.2) is 0 Å². The minimum atomic E-state index is -1.50. The van der Waals surface area contributed by atoms with Gasteiger partial charge in [0, 0.05) is 0 Å². The first-order chi connectivity index (χ1) is 5.50. The molecule has 0 saturated heterocycles. The average Bonchev–Trinajstić information content (AvgIpc) is 1.85. The van der Waals surface area contributed by atoms with Gasteiger partial charge in [0.2, 0.25) is 0 Å². The molecule has 12 heavy (non-hydrogen) atoms. The van der Waals surface area contributed by atoms with Crippen LogP contribution in [0.2, 0.25) is 0 Å². The molecule has 0 spiro atoms. The van der Waals surface area contributed by atoms with Crippen LogP contribution in [0, 0.1) is 11.8 Å². The lowest BCUT2D eigenvalue weighted by molar-refractivity contribution is -0.157. The molecule has 0 bridgehead atoms. The summed E-state index contributed by atoms with van der Waals surface area (Å²) in [6.07, 6.45) is -0.0384. The minimum Gasteiger partial charge on any atom is -0.481 e. The fourth-order valence-corrected chi connectivity index (χ4v) is 0.931. The zero-order chi connectivity index (χ0) is 9.72. The van der Waals surface area contributed by atoms with Gasteiger partial charge in [0.1, 0.15) is 0 Å². The Morgan fingerprint density at radius 2 is 1.75 bits per heavy atom. The van der Waals surface area contributed by atoms with Crippen LogP contribution in [0.5, 0.6) is 0 Å². The van der Waals surface area contributed by atoms with Crippen molar-refractivity contribution in [2.45, 2.75) is 13.3 Å². The first-order valence-corrected chi connectivity index (χ1v) is 3.52. The van der Waals surface area contributed by atoms with Crippen LogP contribution in [-0.2, 0) is 9.59 Å². The third-order valence-corrected chi connectivity index (χ3v) is 1.67. The molecule has 0 amide bonds. The van der Waals surface area contributed by atoms with Gasteiger partial charge in [0.25, 0.3) is 0 Å². The Hall–Kier alpha value is -1.13. The molecule has 0 aromatic rings. The van der Waals surface area contributed by atoms with E-state index in [0.717, 1.165) is 0 Å². The van der Waals surface area contributed by atoms with E-state index >= 15 is 0 Å². The van der Waals surface area contributed by atoms with Crippen LogP contribution in [0.25, 0.3) is 0 Å². The molecule has 4 nitrogen and oxygen atoms in total. The van der Waals surface area contributed by atoms with Crippen molar-refractivity contribution in [2.24, 2.45) is 11.8 Å². The fraction of sp³-hybridized carbons (Fsp3) is 0.714. The number of rotatable bonds is 5. The second-order valence-corrected chi connectivity index (χ2v) is 2.61. The molecular weight excluding hydrogens is 167 g/mol. The maximum atomic E-state index is 11.7. The third-order valence-electron chi connectivity index (χ3n) is 1.67. The Labute approximate surface area is 69.0 Å². The Kier molecular flexibility index (Phi) is 4.25. The van der Waals surface area contributed by atoms with Crippen LogP contribution < -0.4 is 0 Å². The molecule has 1 atom stereocenters. The summed E-state index contributed by atoms with van der Waals surface area (Å²) in [6.45, 7) is 0.713. The number of carbonyl (C=O) groups is 2. The molecule has 2 N–H and O–H groups in total.